The van der Waals surface area contributed by atoms with Crippen molar-refractivity contribution in [3.05, 3.63) is 88.6 Å². The normalized spacial score (nSPS) is 15.1. The predicted octanol–water partition coefficient (Wildman–Crippen LogP) is 5.02. The molecule has 0 unspecified atom stereocenters. The first-order valence-corrected chi connectivity index (χ1v) is 15.4. The lowest BCUT2D eigenvalue weighted by atomic mass is 10.2. The first kappa shape index (κ1) is 29.6. The first-order chi connectivity index (χ1) is 22.6. The molecule has 8 rings (SSSR count). The summed E-state index contributed by atoms with van der Waals surface area (Å²) in [5, 5.41) is 8.12. The number of rotatable bonds is 6. The molecule has 6 aromatic rings. The zero-order valence-electron chi connectivity index (χ0n) is 24.9. The van der Waals surface area contributed by atoms with Crippen LogP contribution in [-0.4, -0.2) is 82.5 Å². The Hall–Kier alpha value is -5.11. The molecule has 236 valence electrons. The van der Waals surface area contributed by atoms with Crippen LogP contribution >= 0.6 is 11.6 Å². The van der Waals surface area contributed by atoms with E-state index in [0.717, 1.165) is 75.0 Å². The van der Waals surface area contributed by atoms with Crippen LogP contribution in [0, 0.1) is 0 Å². The fraction of sp³-hybridized carbons (Fsp3) is 0.250. The van der Waals surface area contributed by atoms with Crippen molar-refractivity contribution < 1.29 is 9.47 Å². The van der Waals surface area contributed by atoms with E-state index in [-0.39, 0.29) is 5.56 Å². The Morgan fingerprint density at radius 1 is 0.652 bits per heavy atom. The molecule has 2 saturated heterocycles. The Morgan fingerprint density at radius 3 is 1.76 bits per heavy atom. The zero-order valence-corrected chi connectivity index (χ0v) is 25.7. The number of hydrogen-bond donors (Lipinski definition) is 5. The molecule has 4 aromatic heterocycles. The molecule has 14 heteroatoms. The highest BCUT2D eigenvalue weighted by atomic mass is 35.5. The number of anilines is 6. The van der Waals surface area contributed by atoms with Gasteiger partial charge in [-0.25, -0.2) is 4.98 Å². The van der Waals surface area contributed by atoms with E-state index in [9.17, 15) is 4.79 Å². The third kappa shape index (κ3) is 6.76. The lowest BCUT2D eigenvalue weighted by molar-refractivity contribution is 0.122. The molecule has 0 aliphatic carbocycles. The summed E-state index contributed by atoms with van der Waals surface area (Å²) < 4.78 is 10.7. The first-order valence-electron chi connectivity index (χ1n) is 15.1. The summed E-state index contributed by atoms with van der Waals surface area (Å²) in [7, 11) is 0. The maximum absolute atomic E-state index is 11.9. The van der Waals surface area contributed by atoms with Gasteiger partial charge in [-0.05, 0) is 60.7 Å². The molecule has 13 nitrogen and oxygen atoms in total. The third-order valence-electron chi connectivity index (χ3n) is 7.80. The number of nitrogens with zero attached hydrogens (tertiary/aromatic N) is 5. The van der Waals surface area contributed by atoms with Gasteiger partial charge in [0.1, 0.15) is 16.4 Å². The highest BCUT2D eigenvalue weighted by Gasteiger charge is 2.13. The van der Waals surface area contributed by atoms with E-state index in [1.807, 2.05) is 30.3 Å². The summed E-state index contributed by atoms with van der Waals surface area (Å²) in [5.74, 6) is 0.896. The molecule has 0 radical (unpaired) electrons. The fourth-order valence-electron chi connectivity index (χ4n) is 5.39. The standard InChI is InChI=1S/C16H16ClN5O.C16H17N5O2/c17-14-13-5-6-18-15(13)21-16(20-14)19-11-1-3-12(4-2-11)22-7-9-23-10-8-22;22-15-13-5-6-17-14(13)19-16(20-15)18-11-1-3-12(4-2-11)21-7-9-23-10-8-21/h1-6H,7-10H2,(H2,18,19,20,21);1-6H,7-10H2,(H3,17,18,19,20,22). The van der Waals surface area contributed by atoms with Crippen molar-refractivity contribution >= 4 is 68.3 Å². The van der Waals surface area contributed by atoms with Crippen molar-refractivity contribution in [3.8, 4) is 0 Å². The number of aromatic amines is 3. The van der Waals surface area contributed by atoms with Gasteiger partial charge in [0, 0.05) is 61.3 Å². The van der Waals surface area contributed by atoms with Gasteiger partial charge in [0.05, 0.1) is 37.2 Å². The fourth-order valence-corrected chi connectivity index (χ4v) is 5.62. The van der Waals surface area contributed by atoms with Crippen molar-refractivity contribution in [2.75, 3.05) is 73.0 Å². The average Bonchev–Trinajstić information content (AvgIpc) is 3.77. The van der Waals surface area contributed by atoms with E-state index in [1.165, 1.54) is 11.4 Å². The summed E-state index contributed by atoms with van der Waals surface area (Å²) >= 11 is 6.17. The summed E-state index contributed by atoms with van der Waals surface area (Å²) in [6.07, 6.45) is 3.50. The van der Waals surface area contributed by atoms with Crippen LogP contribution < -0.4 is 26.0 Å². The van der Waals surface area contributed by atoms with E-state index in [1.54, 1.807) is 18.5 Å². The van der Waals surface area contributed by atoms with Crippen molar-refractivity contribution in [2.45, 2.75) is 0 Å². The zero-order chi connectivity index (χ0) is 31.3. The van der Waals surface area contributed by atoms with Crippen LogP contribution in [0.5, 0.6) is 0 Å². The van der Waals surface area contributed by atoms with E-state index >= 15 is 0 Å². The van der Waals surface area contributed by atoms with Crippen LogP contribution in [0.3, 0.4) is 0 Å². The number of morpholine rings is 2. The number of H-pyrrole nitrogens is 3. The maximum atomic E-state index is 11.9. The molecule has 0 spiro atoms. The second kappa shape index (κ2) is 13.5. The van der Waals surface area contributed by atoms with Crippen molar-refractivity contribution in [2.24, 2.45) is 0 Å². The van der Waals surface area contributed by atoms with E-state index < -0.39 is 0 Å². The molecule has 0 atom stereocenters. The maximum Gasteiger partial charge on any atom is 0.261 e. The highest BCUT2D eigenvalue weighted by Crippen LogP contribution is 2.25. The highest BCUT2D eigenvalue weighted by molar-refractivity contribution is 6.34. The molecule has 0 amide bonds. The number of aromatic nitrogens is 6. The van der Waals surface area contributed by atoms with Gasteiger partial charge in [0.25, 0.3) is 5.56 Å². The van der Waals surface area contributed by atoms with Gasteiger partial charge in [-0.2, -0.15) is 9.97 Å². The SMILES string of the molecule is Clc1nc(Nc2ccc(N3CCOCC3)cc2)nc2[nH]ccc12.O=c1[nH]c(Nc2ccc(N3CCOCC3)cc2)nc2[nH]ccc12. The molecule has 46 heavy (non-hydrogen) atoms. The lowest BCUT2D eigenvalue weighted by Crippen LogP contribution is -2.36. The van der Waals surface area contributed by atoms with Crippen molar-refractivity contribution in [1.29, 1.82) is 0 Å². The molecule has 2 aromatic carbocycles. The third-order valence-corrected chi connectivity index (χ3v) is 8.09. The smallest absolute Gasteiger partial charge is 0.261 e. The molecule has 2 aliphatic heterocycles. The quantitative estimate of drug-likeness (QED) is 0.157. The van der Waals surface area contributed by atoms with Crippen LogP contribution in [0.15, 0.2) is 77.9 Å². The topological polar surface area (TPSA) is 152 Å². The number of ether oxygens (including phenoxy) is 2. The van der Waals surface area contributed by atoms with Gasteiger partial charge < -0.3 is 39.9 Å². The summed E-state index contributed by atoms with van der Waals surface area (Å²) in [6, 6.07) is 19.8. The molecular formula is C32H33ClN10O3. The Morgan fingerprint density at radius 2 is 1.17 bits per heavy atom. The monoisotopic (exact) mass is 640 g/mol. The van der Waals surface area contributed by atoms with Gasteiger partial charge in [-0.3, -0.25) is 9.78 Å². The number of nitrogens with one attached hydrogen (secondary N) is 5. The van der Waals surface area contributed by atoms with Crippen molar-refractivity contribution in [3.63, 3.8) is 0 Å². The van der Waals surface area contributed by atoms with Crippen LogP contribution in [0.4, 0.5) is 34.6 Å². The summed E-state index contributed by atoms with van der Waals surface area (Å²) in [6.45, 7) is 6.76. The van der Waals surface area contributed by atoms with Gasteiger partial charge in [-0.15, -0.1) is 0 Å². The molecule has 0 bridgehead atoms. The van der Waals surface area contributed by atoms with E-state index in [4.69, 9.17) is 21.1 Å². The Kier molecular flexibility index (Phi) is 8.67. The number of hydrogen-bond acceptors (Lipinski definition) is 10. The Balaban J connectivity index is 0.000000147. The number of benzene rings is 2. The average molecular weight is 641 g/mol. The second-order valence-electron chi connectivity index (χ2n) is 10.8. The van der Waals surface area contributed by atoms with Crippen LogP contribution in [0.2, 0.25) is 5.15 Å². The van der Waals surface area contributed by atoms with Gasteiger partial charge in [0.15, 0.2) is 0 Å². The van der Waals surface area contributed by atoms with Crippen LogP contribution in [0.1, 0.15) is 0 Å². The summed E-state index contributed by atoms with van der Waals surface area (Å²) in [4.78, 5) is 38.3. The molecule has 5 N–H and O–H groups in total. The van der Waals surface area contributed by atoms with E-state index in [0.29, 0.717) is 28.1 Å². The van der Waals surface area contributed by atoms with Crippen LogP contribution in [0.25, 0.3) is 22.1 Å². The molecule has 2 fully saturated rings. The van der Waals surface area contributed by atoms with Crippen molar-refractivity contribution in [1.82, 2.24) is 29.9 Å². The minimum Gasteiger partial charge on any atom is -0.378 e. The second-order valence-corrected chi connectivity index (χ2v) is 11.1. The predicted molar refractivity (Wildman–Crippen MR) is 181 cm³/mol. The lowest BCUT2D eigenvalue weighted by Gasteiger charge is -2.28. The molecule has 6 heterocycles. The minimum atomic E-state index is -0.163. The van der Waals surface area contributed by atoms with Crippen LogP contribution in [-0.2, 0) is 9.47 Å². The molecule has 0 saturated carbocycles. The minimum absolute atomic E-state index is 0.163. The van der Waals surface area contributed by atoms with Gasteiger partial charge in [-0.1, -0.05) is 11.6 Å². The van der Waals surface area contributed by atoms with Gasteiger partial charge >= 0.3 is 0 Å². The molecular weight excluding hydrogens is 608 g/mol. The Bertz CT molecular complexity index is 1960. The summed E-state index contributed by atoms with van der Waals surface area (Å²) in [5.41, 5.74) is 5.28. The molecule has 2 aliphatic rings. The Labute approximate surface area is 268 Å². The largest absolute Gasteiger partial charge is 0.378 e. The number of fused-ring (bicyclic) bond motifs is 2. The van der Waals surface area contributed by atoms with Gasteiger partial charge in [0.2, 0.25) is 11.9 Å². The number of halogens is 1. The van der Waals surface area contributed by atoms with E-state index in [2.05, 4.69) is 74.6 Å².